The van der Waals surface area contributed by atoms with Crippen molar-refractivity contribution in [1.29, 1.82) is 0 Å². The van der Waals surface area contributed by atoms with Crippen molar-refractivity contribution in [1.82, 2.24) is 9.88 Å². The highest BCUT2D eigenvalue weighted by molar-refractivity contribution is 7.90. The molecule has 1 aliphatic rings. The number of nitrogens with one attached hydrogen (secondary N) is 1. The molecule has 0 aliphatic carbocycles. The van der Waals surface area contributed by atoms with Crippen LogP contribution in [0.2, 0.25) is 0 Å². The van der Waals surface area contributed by atoms with E-state index in [0.717, 1.165) is 29.5 Å². The van der Waals surface area contributed by atoms with Gasteiger partial charge in [-0.05, 0) is 61.9 Å². The number of piperidine rings is 1. The number of anilines is 1. The number of hydrogen-bond donors (Lipinski definition) is 1. The summed E-state index contributed by atoms with van der Waals surface area (Å²) in [4.78, 5) is 31.7. The number of hydrogen-bond acceptors (Lipinski definition) is 5. The summed E-state index contributed by atoms with van der Waals surface area (Å²) in [6.07, 6.45) is 4.33. The van der Waals surface area contributed by atoms with Crippen LogP contribution in [-0.4, -0.2) is 42.9 Å². The van der Waals surface area contributed by atoms with Crippen LogP contribution in [0.5, 0.6) is 0 Å². The molecule has 1 fully saturated rings. The fourth-order valence-corrected chi connectivity index (χ4v) is 4.32. The highest BCUT2D eigenvalue weighted by Gasteiger charge is 2.34. The topological polar surface area (TPSA) is 96.4 Å². The number of sulfone groups is 1. The average molecular weight is 430 g/mol. The van der Waals surface area contributed by atoms with Crippen LogP contribution >= 0.6 is 0 Å². The van der Waals surface area contributed by atoms with Gasteiger partial charge in [0.2, 0.25) is 0 Å². The molecular formula is C22H27N3O4S. The van der Waals surface area contributed by atoms with E-state index in [-0.39, 0.29) is 16.9 Å². The molecule has 3 rings (SSSR count). The zero-order chi connectivity index (χ0) is 22.1. The van der Waals surface area contributed by atoms with Gasteiger partial charge in [0.25, 0.3) is 0 Å². The van der Waals surface area contributed by atoms with Crippen LogP contribution in [0.4, 0.5) is 5.69 Å². The summed E-state index contributed by atoms with van der Waals surface area (Å²) >= 11 is 0. The molecule has 1 aliphatic heterocycles. The van der Waals surface area contributed by atoms with E-state index in [1.165, 1.54) is 6.20 Å². The van der Waals surface area contributed by atoms with Crippen molar-refractivity contribution in [3.63, 3.8) is 0 Å². The molecule has 0 saturated carbocycles. The number of nitrogens with zero attached hydrogens (tertiary/aromatic N) is 2. The lowest BCUT2D eigenvalue weighted by Crippen LogP contribution is -2.46. The Balaban J connectivity index is 1.81. The Kier molecular flexibility index (Phi) is 6.26. The Labute approximate surface area is 177 Å². The number of likely N-dealkylation sites (tertiary alicyclic amines) is 1. The van der Waals surface area contributed by atoms with Crippen molar-refractivity contribution < 1.29 is 18.0 Å². The Morgan fingerprint density at radius 2 is 1.80 bits per heavy atom. The van der Waals surface area contributed by atoms with Gasteiger partial charge in [-0.3, -0.25) is 14.6 Å². The number of carbonyl (C=O) groups is 2. The van der Waals surface area contributed by atoms with Crippen LogP contribution in [0.1, 0.15) is 42.6 Å². The average Bonchev–Trinajstić information content (AvgIpc) is 2.69. The lowest BCUT2D eigenvalue weighted by Gasteiger charge is -2.38. The number of rotatable bonds is 3. The van der Waals surface area contributed by atoms with Crippen LogP contribution in [-0.2, 0) is 19.4 Å². The zero-order valence-electron chi connectivity index (χ0n) is 17.7. The van der Waals surface area contributed by atoms with E-state index in [9.17, 15) is 18.0 Å². The van der Waals surface area contributed by atoms with E-state index >= 15 is 0 Å². The van der Waals surface area contributed by atoms with Crippen LogP contribution < -0.4 is 5.32 Å². The molecule has 2 amide bonds. The lowest BCUT2D eigenvalue weighted by atomic mass is 9.90. The summed E-state index contributed by atoms with van der Waals surface area (Å²) in [5.41, 5.74) is 3.09. The van der Waals surface area contributed by atoms with E-state index < -0.39 is 21.7 Å². The quantitative estimate of drug-likeness (QED) is 0.757. The van der Waals surface area contributed by atoms with E-state index in [2.05, 4.69) is 17.2 Å². The van der Waals surface area contributed by atoms with Gasteiger partial charge in [-0.2, -0.15) is 0 Å². The summed E-state index contributed by atoms with van der Waals surface area (Å²) < 4.78 is 23.4. The molecule has 0 unspecified atom stereocenters. The van der Waals surface area contributed by atoms with Gasteiger partial charge < -0.3 is 10.2 Å². The third-order valence-corrected chi connectivity index (χ3v) is 6.69. The molecule has 1 aromatic carbocycles. The molecule has 1 saturated heterocycles. The minimum absolute atomic E-state index is 0.230. The van der Waals surface area contributed by atoms with Gasteiger partial charge in [0.15, 0.2) is 9.84 Å². The molecule has 0 radical (unpaired) electrons. The number of amides is 2. The van der Waals surface area contributed by atoms with E-state index in [0.29, 0.717) is 18.7 Å². The number of pyridine rings is 1. The van der Waals surface area contributed by atoms with Crippen LogP contribution in [0.25, 0.3) is 0 Å². The molecule has 0 bridgehead atoms. The molecule has 2 aromatic rings. The Hall–Kier alpha value is -2.74. The summed E-state index contributed by atoms with van der Waals surface area (Å²) in [7, 11) is -3.29. The van der Waals surface area contributed by atoms with Gasteiger partial charge in [-0.15, -0.1) is 0 Å². The smallest absolute Gasteiger partial charge is 0.313 e. The SMILES string of the molecule is Cc1cc(NC(=O)C(=O)N2C[C@@H](C)CC[C@H]2c2ccc(S(C)(=O)=O)cc2)cnc1C. The Bertz CT molecular complexity index is 1060. The molecule has 160 valence electrons. The van der Waals surface area contributed by atoms with Gasteiger partial charge in [-0.25, -0.2) is 8.42 Å². The molecule has 2 heterocycles. The fourth-order valence-electron chi connectivity index (χ4n) is 3.69. The number of carbonyl (C=O) groups excluding carboxylic acids is 2. The van der Waals surface area contributed by atoms with Gasteiger partial charge in [0, 0.05) is 18.5 Å². The summed E-state index contributed by atoms with van der Waals surface area (Å²) in [6.45, 7) is 6.29. The summed E-state index contributed by atoms with van der Waals surface area (Å²) in [5.74, 6) is -1.03. The molecule has 30 heavy (non-hydrogen) atoms. The normalized spacial score (nSPS) is 19.4. The molecule has 1 aromatic heterocycles. The highest BCUT2D eigenvalue weighted by Crippen LogP contribution is 2.34. The van der Waals surface area contributed by atoms with Gasteiger partial charge in [-0.1, -0.05) is 19.1 Å². The van der Waals surface area contributed by atoms with Gasteiger partial charge >= 0.3 is 11.8 Å². The van der Waals surface area contributed by atoms with Crippen LogP contribution in [0, 0.1) is 19.8 Å². The molecule has 7 nitrogen and oxygen atoms in total. The maximum Gasteiger partial charge on any atom is 0.313 e. The predicted molar refractivity (Wildman–Crippen MR) is 115 cm³/mol. The number of aromatic nitrogens is 1. The maximum atomic E-state index is 13.0. The zero-order valence-corrected chi connectivity index (χ0v) is 18.5. The van der Waals surface area contributed by atoms with Crippen molar-refractivity contribution in [2.24, 2.45) is 5.92 Å². The standard InChI is InChI=1S/C22H27N3O4S/c1-14-5-10-20(17-6-8-19(9-7-17)30(4,28)29)25(13-14)22(27)21(26)24-18-11-15(2)16(3)23-12-18/h6-9,11-12,14,20H,5,10,13H2,1-4H3,(H,24,26)/t14-,20-/m0/s1. The first kappa shape index (κ1) is 22.0. The van der Waals surface area contributed by atoms with Crippen molar-refractivity contribution in [3.8, 4) is 0 Å². The highest BCUT2D eigenvalue weighted by atomic mass is 32.2. The molecular weight excluding hydrogens is 402 g/mol. The van der Waals surface area contributed by atoms with Crippen molar-refractivity contribution >= 4 is 27.3 Å². The van der Waals surface area contributed by atoms with Crippen LogP contribution in [0.3, 0.4) is 0 Å². The van der Waals surface area contributed by atoms with E-state index in [1.54, 1.807) is 35.2 Å². The first-order chi connectivity index (χ1) is 14.1. The van der Waals surface area contributed by atoms with Crippen LogP contribution in [0.15, 0.2) is 41.4 Å². The largest absolute Gasteiger partial charge is 0.327 e. The Morgan fingerprint density at radius 1 is 1.13 bits per heavy atom. The van der Waals surface area contributed by atoms with Gasteiger partial charge in [0.1, 0.15) is 0 Å². The van der Waals surface area contributed by atoms with E-state index in [4.69, 9.17) is 0 Å². The molecule has 2 atom stereocenters. The van der Waals surface area contributed by atoms with E-state index in [1.807, 2.05) is 13.8 Å². The van der Waals surface area contributed by atoms with Crippen molar-refractivity contribution in [3.05, 3.63) is 53.3 Å². The predicted octanol–water partition coefficient (Wildman–Crippen LogP) is 3.04. The number of benzene rings is 1. The third-order valence-electron chi connectivity index (χ3n) is 5.56. The minimum atomic E-state index is -3.29. The third kappa shape index (κ3) is 4.87. The number of aryl methyl sites for hydroxylation is 2. The molecule has 0 spiro atoms. The second-order valence-corrected chi connectivity index (χ2v) is 10.1. The van der Waals surface area contributed by atoms with Crippen molar-refractivity contribution in [2.45, 2.75) is 44.6 Å². The maximum absolute atomic E-state index is 13.0. The first-order valence-corrected chi connectivity index (χ1v) is 11.8. The lowest BCUT2D eigenvalue weighted by molar-refractivity contribution is -0.146. The summed E-state index contributed by atoms with van der Waals surface area (Å²) in [5, 5.41) is 2.65. The molecule has 8 heteroatoms. The van der Waals surface area contributed by atoms with Crippen molar-refractivity contribution in [2.75, 3.05) is 18.1 Å². The summed E-state index contributed by atoms with van der Waals surface area (Å²) in [6, 6.07) is 8.06. The Morgan fingerprint density at radius 3 is 2.40 bits per heavy atom. The second-order valence-electron chi connectivity index (χ2n) is 8.08. The minimum Gasteiger partial charge on any atom is -0.327 e. The van der Waals surface area contributed by atoms with Gasteiger partial charge in [0.05, 0.1) is 22.8 Å². The monoisotopic (exact) mass is 429 g/mol. The second kappa shape index (κ2) is 8.55. The fraction of sp³-hybridized carbons (Fsp3) is 0.409. The molecule has 1 N–H and O–H groups in total. The first-order valence-electron chi connectivity index (χ1n) is 9.91.